The Kier molecular flexibility index (Phi) is 7.22. The van der Waals surface area contributed by atoms with Crippen LogP contribution in [0.25, 0.3) is 0 Å². The van der Waals surface area contributed by atoms with Crippen LogP contribution in [-0.2, 0) is 17.9 Å². The third-order valence-electron chi connectivity index (χ3n) is 4.94. The molecule has 35 heavy (non-hydrogen) atoms. The molecule has 13 heteroatoms. The predicted molar refractivity (Wildman–Crippen MR) is 130 cm³/mol. The minimum absolute atomic E-state index is 0.00645. The number of ether oxygens (including phenoxy) is 1. The molecule has 0 unspecified atom stereocenters. The highest BCUT2D eigenvalue weighted by Crippen LogP contribution is 2.24. The van der Waals surface area contributed by atoms with Crippen LogP contribution in [0.3, 0.4) is 0 Å². The SMILES string of the molecule is C[C@@H](Cn1c(=O)nc(Nc2ccc(Oc3ncns3)cc2)n(Cc2ccc(Cl)cc2)c1=O)C(=O)O. The molecule has 0 bridgehead atoms. The molecule has 0 aliphatic rings. The maximum Gasteiger partial charge on any atom is 0.354 e. The van der Waals surface area contributed by atoms with Gasteiger partial charge in [-0.1, -0.05) is 30.7 Å². The molecule has 4 aromatic rings. The molecule has 2 aromatic carbocycles. The first kappa shape index (κ1) is 24.1. The van der Waals surface area contributed by atoms with Crippen molar-refractivity contribution in [1.29, 1.82) is 0 Å². The minimum Gasteiger partial charge on any atom is -0.481 e. The Labute approximate surface area is 207 Å². The van der Waals surface area contributed by atoms with Gasteiger partial charge in [0.25, 0.3) is 5.19 Å². The number of benzene rings is 2. The van der Waals surface area contributed by atoms with E-state index in [0.717, 1.165) is 21.7 Å². The second kappa shape index (κ2) is 10.5. The predicted octanol–water partition coefficient (Wildman–Crippen LogP) is 3.21. The molecule has 0 fully saturated rings. The van der Waals surface area contributed by atoms with Crippen molar-refractivity contribution >= 4 is 40.7 Å². The highest BCUT2D eigenvalue weighted by Gasteiger charge is 2.19. The molecule has 11 nitrogen and oxygen atoms in total. The van der Waals surface area contributed by atoms with Gasteiger partial charge in [0.15, 0.2) is 0 Å². The Hall–Kier alpha value is -4.03. The number of anilines is 2. The van der Waals surface area contributed by atoms with E-state index in [4.69, 9.17) is 16.3 Å². The first-order valence-electron chi connectivity index (χ1n) is 10.3. The number of carbonyl (C=O) groups is 1. The fraction of sp³-hybridized carbons (Fsp3) is 0.182. The number of hydrogen-bond donors (Lipinski definition) is 2. The van der Waals surface area contributed by atoms with E-state index in [1.807, 2.05) is 0 Å². The molecule has 0 radical (unpaired) electrons. The van der Waals surface area contributed by atoms with Crippen molar-refractivity contribution in [2.75, 3.05) is 5.32 Å². The molecule has 0 saturated carbocycles. The van der Waals surface area contributed by atoms with Crippen LogP contribution < -0.4 is 21.4 Å². The first-order valence-corrected chi connectivity index (χ1v) is 11.5. The molecule has 2 aromatic heterocycles. The average molecular weight is 515 g/mol. The molecule has 4 rings (SSSR count). The molecule has 0 saturated heterocycles. The van der Waals surface area contributed by atoms with Gasteiger partial charge in [0.1, 0.15) is 12.1 Å². The van der Waals surface area contributed by atoms with Crippen molar-refractivity contribution in [3.8, 4) is 10.9 Å². The molecule has 2 N–H and O–H groups in total. The van der Waals surface area contributed by atoms with Gasteiger partial charge in [-0.15, -0.1) is 0 Å². The molecule has 0 aliphatic carbocycles. The zero-order valence-electron chi connectivity index (χ0n) is 18.3. The quantitative estimate of drug-likeness (QED) is 0.344. The highest BCUT2D eigenvalue weighted by molar-refractivity contribution is 7.07. The van der Waals surface area contributed by atoms with Gasteiger partial charge < -0.3 is 15.2 Å². The minimum atomic E-state index is -1.13. The highest BCUT2D eigenvalue weighted by atomic mass is 35.5. The normalized spacial score (nSPS) is 11.7. The van der Waals surface area contributed by atoms with Crippen LogP contribution >= 0.6 is 23.1 Å². The zero-order chi connectivity index (χ0) is 24.9. The third-order valence-corrected chi connectivity index (χ3v) is 5.74. The topological polar surface area (TPSA) is 141 Å². The summed E-state index contributed by atoms with van der Waals surface area (Å²) in [6, 6.07) is 13.6. The lowest BCUT2D eigenvalue weighted by molar-refractivity contribution is -0.141. The standard InChI is InChI=1S/C22H19ClN6O5S/c1-13(18(30)31)10-29-20(32)27-19(28(22(29)33)11-14-2-4-15(23)5-3-14)26-16-6-8-17(9-7-16)34-21-24-12-25-35-21/h2-9,12-13H,10-11H2,1H3,(H,30,31)(H,26,27,32)/t13-/m0/s1. The van der Waals surface area contributed by atoms with Gasteiger partial charge in [0.2, 0.25) is 5.95 Å². The summed E-state index contributed by atoms with van der Waals surface area (Å²) in [7, 11) is 0. The number of carboxylic acid groups (broad SMARTS) is 1. The summed E-state index contributed by atoms with van der Waals surface area (Å²) >= 11 is 7.07. The number of nitrogens with one attached hydrogen (secondary N) is 1. The van der Waals surface area contributed by atoms with Gasteiger partial charge in [-0.25, -0.2) is 14.2 Å². The number of halogens is 1. The molecule has 0 aliphatic heterocycles. The van der Waals surface area contributed by atoms with Crippen molar-refractivity contribution < 1.29 is 14.6 Å². The van der Waals surface area contributed by atoms with Gasteiger partial charge in [0, 0.05) is 28.8 Å². The van der Waals surface area contributed by atoms with Crippen LogP contribution in [0.15, 0.2) is 64.4 Å². The maximum atomic E-state index is 13.3. The van der Waals surface area contributed by atoms with Gasteiger partial charge in [-0.3, -0.25) is 9.36 Å². The van der Waals surface area contributed by atoms with Crippen molar-refractivity contribution in [1.82, 2.24) is 23.5 Å². The van der Waals surface area contributed by atoms with Gasteiger partial charge in [-0.05, 0) is 42.0 Å². The van der Waals surface area contributed by atoms with Crippen molar-refractivity contribution in [2.45, 2.75) is 20.0 Å². The Balaban J connectivity index is 1.67. The molecule has 180 valence electrons. The van der Waals surface area contributed by atoms with Crippen LogP contribution in [0, 0.1) is 5.92 Å². The Morgan fingerprint density at radius 1 is 1.14 bits per heavy atom. The first-order chi connectivity index (χ1) is 16.8. The zero-order valence-corrected chi connectivity index (χ0v) is 19.9. The van der Waals surface area contributed by atoms with E-state index < -0.39 is 23.3 Å². The Morgan fingerprint density at radius 2 is 1.86 bits per heavy atom. The van der Waals surface area contributed by atoms with Crippen LogP contribution in [0.5, 0.6) is 10.9 Å². The van der Waals surface area contributed by atoms with E-state index in [2.05, 4.69) is 19.7 Å². The second-order valence-electron chi connectivity index (χ2n) is 7.52. The van der Waals surface area contributed by atoms with Gasteiger partial charge >= 0.3 is 17.3 Å². The Bertz CT molecular complexity index is 1440. The molecule has 0 amide bonds. The lowest BCUT2D eigenvalue weighted by Crippen LogP contribution is -2.44. The molecular formula is C22H19ClN6O5S. The fourth-order valence-electron chi connectivity index (χ4n) is 3.09. The van der Waals surface area contributed by atoms with E-state index in [-0.39, 0.29) is 19.0 Å². The van der Waals surface area contributed by atoms with E-state index in [1.165, 1.54) is 17.8 Å². The van der Waals surface area contributed by atoms with E-state index in [0.29, 0.717) is 21.7 Å². The monoisotopic (exact) mass is 514 g/mol. The van der Waals surface area contributed by atoms with E-state index >= 15 is 0 Å². The molecule has 1 atom stereocenters. The van der Waals surface area contributed by atoms with Crippen LogP contribution in [0.1, 0.15) is 12.5 Å². The number of hydrogen-bond acceptors (Lipinski definition) is 9. The summed E-state index contributed by atoms with van der Waals surface area (Å²) in [5.41, 5.74) is -0.262. The average Bonchev–Trinajstić information content (AvgIpc) is 3.34. The van der Waals surface area contributed by atoms with Crippen LogP contribution in [0.4, 0.5) is 11.6 Å². The molecule has 0 spiro atoms. The smallest absolute Gasteiger partial charge is 0.354 e. The van der Waals surface area contributed by atoms with Gasteiger partial charge in [0.05, 0.1) is 12.5 Å². The van der Waals surface area contributed by atoms with Crippen LogP contribution in [-0.4, -0.2) is 34.6 Å². The maximum absolute atomic E-state index is 13.3. The summed E-state index contributed by atoms with van der Waals surface area (Å²) < 4.78 is 11.5. The summed E-state index contributed by atoms with van der Waals surface area (Å²) in [5, 5.41) is 13.1. The largest absolute Gasteiger partial charge is 0.481 e. The Morgan fingerprint density at radius 3 is 2.49 bits per heavy atom. The van der Waals surface area contributed by atoms with Crippen LogP contribution in [0.2, 0.25) is 5.02 Å². The second-order valence-corrected chi connectivity index (χ2v) is 8.70. The summed E-state index contributed by atoms with van der Waals surface area (Å²) in [4.78, 5) is 45.2. The fourth-order valence-corrected chi connectivity index (χ4v) is 3.63. The number of carboxylic acids is 1. The number of aromatic nitrogens is 5. The summed E-state index contributed by atoms with van der Waals surface area (Å²) in [6.45, 7) is 1.18. The summed E-state index contributed by atoms with van der Waals surface area (Å²) in [6.07, 6.45) is 1.39. The molecular weight excluding hydrogens is 496 g/mol. The van der Waals surface area contributed by atoms with E-state index in [9.17, 15) is 19.5 Å². The van der Waals surface area contributed by atoms with Crippen molar-refractivity contribution in [3.05, 3.63) is 86.4 Å². The number of nitrogens with zero attached hydrogens (tertiary/aromatic N) is 5. The van der Waals surface area contributed by atoms with Gasteiger partial charge in [-0.2, -0.15) is 14.3 Å². The number of rotatable bonds is 9. The molecule has 2 heterocycles. The lowest BCUT2D eigenvalue weighted by atomic mass is 10.2. The van der Waals surface area contributed by atoms with Crippen molar-refractivity contribution in [3.63, 3.8) is 0 Å². The number of aliphatic carboxylic acids is 1. The summed E-state index contributed by atoms with van der Waals surface area (Å²) in [5.74, 6) is -1.55. The van der Waals surface area contributed by atoms with Crippen molar-refractivity contribution in [2.24, 2.45) is 5.92 Å². The third kappa shape index (κ3) is 5.91. The van der Waals surface area contributed by atoms with E-state index in [1.54, 1.807) is 48.5 Å². The lowest BCUT2D eigenvalue weighted by Gasteiger charge is -2.16.